The smallest absolute Gasteiger partial charge is 0.166 e. The fourth-order valence-corrected chi connectivity index (χ4v) is 4.06. The van der Waals surface area contributed by atoms with Gasteiger partial charge >= 0.3 is 0 Å². The maximum absolute atomic E-state index is 12.9. The molecule has 1 fully saturated rings. The second kappa shape index (κ2) is 8.32. The summed E-state index contributed by atoms with van der Waals surface area (Å²) in [6.07, 6.45) is 2.74. The van der Waals surface area contributed by atoms with E-state index in [1.165, 1.54) is 5.56 Å². The number of fused-ring (bicyclic) bond motifs is 1. The largest absolute Gasteiger partial charge is 0.486 e. The number of carbonyl (C=O) groups excluding carboxylic acids is 1. The topological polar surface area (TPSA) is 38.8 Å². The fraction of sp³-hybridized carbons (Fsp3) is 0.409. The van der Waals surface area contributed by atoms with Crippen LogP contribution in [0, 0.1) is 5.92 Å². The second-order valence-electron chi connectivity index (χ2n) is 7.18. The van der Waals surface area contributed by atoms with E-state index >= 15 is 0 Å². The van der Waals surface area contributed by atoms with E-state index in [2.05, 4.69) is 11.0 Å². The number of nitrogens with zero attached hydrogens (tertiary/aromatic N) is 1. The zero-order valence-electron chi connectivity index (χ0n) is 15.3. The Hall–Kier alpha value is -2.04. The van der Waals surface area contributed by atoms with Gasteiger partial charge < -0.3 is 14.4 Å². The van der Waals surface area contributed by atoms with Gasteiger partial charge in [0.15, 0.2) is 17.3 Å². The average molecular weight is 386 g/mol. The van der Waals surface area contributed by atoms with Crippen molar-refractivity contribution in [2.24, 2.45) is 5.92 Å². The highest BCUT2D eigenvalue weighted by atomic mass is 35.5. The van der Waals surface area contributed by atoms with Crippen LogP contribution in [0.3, 0.4) is 0 Å². The zero-order chi connectivity index (χ0) is 18.6. The maximum Gasteiger partial charge on any atom is 0.166 e. The van der Waals surface area contributed by atoms with Crippen LogP contribution >= 0.6 is 11.6 Å². The van der Waals surface area contributed by atoms with E-state index in [4.69, 9.17) is 21.1 Å². The molecule has 0 spiro atoms. The van der Waals surface area contributed by atoms with Crippen LogP contribution in [0.4, 0.5) is 0 Å². The first-order chi connectivity index (χ1) is 13.2. The number of Topliss-reactive ketones (excluding diaryl/α,β-unsaturated/α-hetero) is 1. The molecule has 4 nitrogen and oxygen atoms in total. The minimum atomic E-state index is 0.0872. The number of halogens is 1. The van der Waals surface area contributed by atoms with Crippen molar-refractivity contribution in [1.29, 1.82) is 0 Å². The fourth-order valence-electron chi connectivity index (χ4n) is 3.83. The molecule has 27 heavy (non-hydrogen) atoms. The molecule has 1 saturated heterocycles. The van der Waals surface area contributed by atoms with Crippen molar-refractivity contribution in [3.63, 3.8) is 0 Å². The Balaban J connectivity index is 1.31. The van der Waals surface area contributed by atoms with E-state index in [1.807, 2.05) is 36.4 Å². The second-order valence-corrected chi connectivity index (χ2v) is 7.59. The molecule has 0 amide bonds. The van der Waals surface area contributed by atoms with Crippen molar-refractivity contribution in [2.75, 3.05) is 32.8 Å². The lowest BCUT2D eigenvalue weighted by atomic mass is 9.88. The normalized spacial score (nSPS) is 17.7. The van der Waals surface area contributed by atoms with Gasteiger partial charge in [-0.1, -0.05) is 29.8 Å². The Bertz CT molecular complexity index is 815. The molecule has 2 aromatic carbocycles. The lowest BCUT2D eigenvalue weighted by Crippen LogP contribution is -2.37. The first-order valence-corrected chi connectivity index (χ1v) is 9.98. The summed E-state index contributed by atoms with van der Waals surface area (Å²) >= 11 is 6.24. The summed E-state index contributed by atoms with van der Waals surface area (Å²) in [6.45, 7) is 3.98. The summed E-state index contributed by atoms with van der Waals surface area (Å²) in [5, 5.41) is 0.834. The van der Waals surface area contributed by atoms with Crippen molar-refractivity contribution in [3.05, 3.63) is 58.6 Å². The number of ether oxygens (including phenoxy) is 2. The molecule has 0 unspecified atom stereocenters. The van der Waals surface area contributed by atoms with Crippen LogP contribution < -0.4 is 9.47 Å². The number of carbonyl (C=O) groups is 1. The van der Waals surface area contributed by atoms with E-state index in [0.717, 1.165) is 55.2 Å². The van der Waals surface area contributed by atoms with Crippen LogP contribution in [-0.2, 0) is 6.42 Å². The molecule has 142 valence electrons. The van der Waals surface area contributed by atoms with Gasteiger partial charge in [-0.05, 0) is 62.2 Å². The molecule has 0 N–H and O–H groups in total. The van der Waals surface area contributed by atoms with Gasteiger partial charge in [-0.25, -0.2) is 0 Å². The molecule has 0 aliphatic carbocycles. The molecule has 5 heteroatoms. The third-order valence-electron chi connectivity index (χ3n) is 5.44. The number of hydrogen-bond acceptors (Lipinski definition) is 4. The molecule has 4 rings (SSSR count). The molecule has 0 saturated carbocycles. The number of hydrogen-bond donors (Lipinski definition) is 0. The van der Waals surface area contributed by atoms with Crippen molar-refractivity contribution >= 4 is 17.4 Å². The Labute approximate surface area is 165 Å². The molecule has 0 aromatic heterocycles. The first kappa shape index (κ1) is 18.3. The van der Waals surface area contributed by atoms with E-state index in [0.29, 0.717) is 19.0 Å². The zero-order valence-corrected chi connectivity index (χ0v) is 16.1. The van der Waals surface area contributed by atoms with Gasteiger partial charge in [-0.2, -0.15) is 0 Å². The standard InChI is InChI=1S/C22H24ClNO3/c23-19-4-2-1-3-16(19)7-10-24-11-8-17(9-12-24)22(25)18-5-6-20-21(15-18)27-14-13-26-20/h1-6,15,17H,7-14H2. The molecule has 0 atom stereocenters. The Morgan fingerprint density at radius 3 is 2.56 bits per heavy atom. The lowest BCUT2D eigenvalue weighted by Gasteiger charge is -2.31. The highest BCUT2D eigenvalue weighted by Crippen LogP contribution is 2.32. The van der Waals surface area contributed by atoms with Gasteiger partial charge in [-0.3, -0.25) is 4.79 Å². The minimum absolute atomic E-state index is 0.0872. The summed E-state index contributed by atoms with van der Waals surface area (Å²) in [7, 11) is 0. The Morgan fingerprint density at radius 2 is 1.78 bits per heavy atom. The van der Waals surface area contributed by atoms with Crippen molar-refractivity contribution in [2.45, 2.75) is 19.3 Å². The predicted octanol–water partition coefficient (Wildman–Crippen LogP) is 4.25. The van der Waals surface area contributed by atoms with Gasteiger partial charge in [0.1, 0.15) is 13.2 Å². The molecule has 2 aliphatic heterocycles. The van der Waals surface area contributed by atoms with Crippen LogP contribution in [0.5, 0.6) is 11.5 Å². The van der Waals surface area contributed by atoms with Gasteiger partial charge in [-0.15, -0.1) is 0 Å². The highest BCUT2D eigenvalue weighted by Gasteiger charge is 2.26. The lowest BCUT2D eigenvalue weighted by molar-refractivity contribution is 0.0840. The number of piperidine rings is 1. The number of benzene rings is 2. The quantitative estimate of drug-likeness (QED) is 0.721. The third-order valence-corrected chi connectivity index (χ3v) is 5.81. The number of ketones is 1. The monoisotopic (exact) mass is 385 g/mol. The average Bonchev–Trinajstić information content (AvgIpc) is 2.73. The SMILES string of the molecule is O=C(c1ccc2c(c1)OCCO2)C1CCN(CCc2ccccc2Cl)CC1. The van der Waals surface area contributed by atoms with Crippen LogP contribution in [0.2, 0.25) is 5.02 Å². The summed E-state index contributed by atoms with van der Waals surface area (Å²) in [5.41, 5.74) is 1.92. The van der Waals surface area contributed by atoms with Crippen LogP contribution in [0.15, 0.2) is 42.5 Å². The first-order valence-electron chi connectivity index (χ1n) is 9.60. The van der Waals surface area contributed by atoms with Gasteiger partial charge in [0, 0.05) is 23.0 Å². The summed E-state index contributed by atoms with van der Waals surface area (Å²) in [5.74, 6) is 1.72. The van der Waals surface area contributed by atoms with Crippen molar-refractivity contribution in [3.8, 4) is 11.5 Å². The number of rotatable bonds is 5. The van der Waals surface area contributed by atoms with Crippen LogP contribution in [-0.4, -0.2) is 43.5 Å². The maximum atomic E-state index is 12.9. The highest BCUT2D eigenvalue weighted by molar-refractivity contribution is 6.31. The Morgan fingerprint density at radius 1 is 1.04 bits per heavy atom. The summed E-state index contributed by atoms with van der Waals surface area (Å²) in [4.78, 5) is 15.3. The van der Waals surface area contributed by atoms with E-state index in [9.17, 15) is 4.79 Å². The molecule has 2 aromatic rings. The summed E-state index contributed by atoms with van der Waals surface area (Å²) < 4.78 is 11.1. The third kappa shape index (κ3) is 4.28. The van der Waals surface area contributed by atoms with E-state index < -0.39 is 0 Å². The van der Waals surface area contributed by atoms with Gasteiger partial charge in [0.2, 0.25) is 0 Å². The van der Waals surface area contributed by atoms with Crippen LogP contribution in [0.25, 0.3) is 0 Å². The van der Waals surface area contributed by atoms with Gasteiger partial charge in [0.05, 0.1) is 0 Å². The molecule has 2 aliphatic rings. The van der Waals surface area contributed by atoms with E-state index in [-0.39, 0.29) is 11.7 Å². The van der Waals surface area contributed by atoms with Crippen molar-refractivity contribution in [1.82, 2.24) is 4.90 Å². The number of likely N-dealkylation sites (tertiary alicyclic amines) is 1. The summed E-state index contributed by atoms with van der Waals surface area (Å²) in [6, 6.07) is 13.6. The molecular weight excluding hydrogens is 362 g/mol. The van der Waals surface area contributed by atoms with Crippen LogP contribution in [0.1, 0.15) is 28.8 Å². The van der Waals surface area contributed by atoms with E-state index in [1.54, 1.807) is 0 Å². The molecule has 2 heterocycles. The molecular formula is C22H24ClNO3. The molecule has 0 radical (unpaired) electrons. The van der Waals surface area contributed by atoms with Gasteiger partial charge in [0.25, 0.3) is 0 Å². The predicted molar refractivity (Wildman–Crippen MR) is 106 cm³/mol. The minimum Gasteiger partial charge on any atom is -0.486 e. The van der Waals surface area contributed by atoms with Crippen molar-refractivity contribution < 1.29 is 14.3 Å². The molecule has 0 bridgehead atoms. The Kier molecular flexibility index (Phi) is 5.65.